The van der Waals surface area contributed by atoms with Crippen molar-refractivity contribution >= 4 is 5.91 Å². The summed E-state index contributed by atoms with van der Waals surface area (Å²) < 4.78 is 43.5. The van der Waals surface area contributed by atoms with Gasteiger partial charge in [0.15, 0.2) is 0 Å². The van der Waals surface area contributed by atoms with E-state index in [-0.39, 0.29) is 18.1 Å². The zero-order chi connectivity index (χ0) is 18.6. The van der Waals surface area contributed by atoms with E-state index in [0.717, 1.165) is 24.5 Å². The van der Waals surface area contributed by atoms with Gasteiger partial charge in [-0.3, -0.25) is 14.7 Å². The topological polar surface area (TPSA) is 45.7 Å². The van der Waals surface area contributed by atoms with Crippen LogP contribution in [0.25, 0.3) is 0 Å². The molecule has 1 amide bonds. The fourth-order valence-corrected chi connectivity index (χ4v) is 2.82. The normalized spacial score (nSPS) is 20.9. The standard InChI is InChI=1S/C17H24F3N3O2/c1-22(2)16(24)11-23(3)10-14-6-5-13(25-14)8-12-4-7-15(21-9-12)17(18,19)20/h4,7,9,13-14H,5-6,8,10-11H2,1-3H3/t13-,14+/m1/s1. The maximum absolute atomic E-state index is 12.5. The predicted molar refractivity (Wildman–Crippen MR) is 87.0 cm³/mol. The summed E-state index contributed by atoms with van der Waals surface area (Å²) in [6, 6.07) is 2.46. The van der Waals surface area contributed by atoms with Crippen LogP contribution >= 0.6 is 0 Å². The second kappa shape index (κ2) is 8.14. The van der Waals surface area contributed by atoms with Crippen molar-refractivity contribution in [3.63, 3.8) is 0 Å². The average Bonchev–Trinajstić information content (AvgIpc) is 2.93. The van der Waals surface area contributed by atoms with Crippen LogP contribution in [0.5, 0.6) is 0 Å². The molecule has 0 bridgehead atoms. The molecule has 0 N–H and O–H groups in total. The maximum atomic E-state index is 12.5. The fourth-order valence-electron chi connectivity index (χ4n) is 2.82. The van der Waals surface area contributed by atoms with Crippen molar-refractivity contribution < 1.29 is 22.7 Å². The molecular formula is C17H24F3N3O2. The molecule has 0 spiro atoms. The number of likely N-dealkylation sites (N-methyl/N-ethyl adjacent to an activating group) is 2. The number of rotatable bonds is 6. The predicted octanol–water partition coefficient (Wildman–Crippen LogP) is 2.21. The Labute approximate surface area is 145 Å². The Bertz CT molecular complexity index is 575. The van der Waals surface area contributed by atoms with Gasteiger partial charge in [-0.2, -0.15) is 13.2 Å². The van der Waals surface area contributed by atoms with E-state index >= 15 is 0 Å². The Morgan fingerprint density at radius 2 is 1.92 bits per heavy atom. The number of amides is 1. The molecule has 1 aromatic rings. The average molecular weight is 359 g/mol. The van der Waals surface area contributed by atoms with Crippen molar-refractivity contribution in [3.05, 3.63) is 29.6 Å². The lowest BCUT2D eigenvalue weighted by molar-refractivity contribution is -0.141. The Morgan fingerprint density at radius 3 is 2.48 bits per heavy atom. The van der Waals surface area contributed by atoms with E-state index in [9.17, 15) is 18.0 Å². The number of carbonyl (C=O) groups excluding carboxylic acids is 1. The molecule has 0 unspecified atom stereocenters. The molecule has 1 aromatic heterocycles. The highest BCUT2D eigenvalue weighted by Crippen LogP contribution is 2.28. The monoisotopic (exact) mass is 359 g/mol. The van der Waals surface area contributed by atoms with Gasteiger partial charge >= 0.3 is 6.18 Å². The van der Waals surface area contributed by atoms with E-state index in [0.29, 0.717) is 19.5 Å². The van der Waals surface area contributed by atoms with Crippen LogP contribution < -0.4 is 0 Å². The smallest absolute Gasteiger partial charge is 0.373 e. The van der Waals surface area contributed by atoms with Gasteiger partial charge in [0.1, 0.15) is 5.69 Å². The second-order valence-electron chi connectivity index (χ2n) is 6.70. The first-order valence-electron chi connectivity index (χ1n) is 8.21. The first kappa shape index (κ1) is 19.7. The maximum Gasteiger partial charge on any atom is 0.433 e. The van der Waals surface area contributed by atoms with E-state index in [4.69, 9.17) is 4.74 Å². The number of aromatic nitrogens is 1. The third kappa shape index (κ3) is 5.97. The van der Waals surface area contributed by atoms with Crippen LogP contribution in [0.15, 0.2) is 18.3 Å². The molecule has 2 atom stereocenters. The summed E-state index contributed by atoms with van der Waals surface area (Å²) >= 11 is 0. The van der Waals surface area contributed by atoms with E-state index in [2.05, 4.69) is 4.98 Å². The van der Waals surface area contributed by atoms with Crippen LogP contribution in [-0.4, -0.2) is 67.1 Å². The van der Waals surface area contributed by atoms with E-state index in [1.165, 1.54) is 12.3 Å². The van der Waals surface area contributed by atoms with Crippen molar-refractivity contribution in [3.8, 4) is 0 Å². The number of alkyl halides is 3. The molecule has 25 heavy (non-hydrogen) atoms. The van der Waals surface area contributed by atoms with Gasteiger partial charge in [0.05, 0.1) is 18.8 Å². The quantitative estimate of drug-likeness (QED) is 0.781. The number of ether oxygens (including phenoxy) is 1. The van der Waals surface area contributed by atoms with Crippen LogP contribution in [0.1, 0.15) is 24.1 Å². The largest absolute Gasteiger partial charge is 0.433 e. The summed E-state index contributed by atoms with van der Waals surface area (Å²) in [4.78, 5) is 18.6. The summed E-state index contributed by atoms with van der Waals surface area (Å²) in [6.07, 6.45) is -0.875. The van der Waals surface area contributed by atoms with Crippen molar-refractivity contribution in [2.24, 2.45) is 0 Å². The summed E-state index contributed by atoms with van der Waals surface area (Å²) in [6.45, 7) is 0.988. The SMILES string of the molecule is CN(CC(=O)N(C)C)C[C@@H]1CC[C@H](Cc2ccc(C(F)(F)F)nc2)O1. The van der Waals surface area contributed by atoms with Crippen molar-refractivity contribution in [2.45, 2.75) is 37.6 Å². The molecule has 0 aromatic carbocycles. The summed E-state index contributed by atoms with van der Waals surface area (Å²) in [5.74, 6) is 0.0351. The van der Waals surface area contributed by atoms with E-state index in [1.807, 2.05) is 11.9 Å². The Balaban J connectivity index is 1.80. The number of halogens is 3. The third-order valence-corrected chi connectivity index (χ3v) is 4.19. The number of hydrogen-bond acceptors (Lipinski definition) is 4. The molecule has 0 saturated carbocycles. The number of hydrogen-bond donors (Lipinski definition) is 0. The summed E-state index contributed by atoms with van der Waals surface area (Å²) in [5.41, 5.74) is -0.150. The van der Waals surface area contributed by atoms with Crippen LogP contribution in [0, 0.1) is 0 Å². The molecule has 140 valence electrons. The highest BCUT2D eigenvalue weighted by molar-refractivity contribution is 5.77. The molecule has 8 heteroatoms. The van der Waals surface area contributed by atoms with Gasteiger partial charge in [-0.15, -0.1) is 0 Å². The van der Waals surface area contributed by atoms with Crippen molar-refractivity contribution in [1.82, 2.24) is 14.8 Å². The summed E-state index contributed by atoms with van der Waals surface area (Å²) in [7, 11) is 5.31. The molecule has 0 radical (unpaired) electrons. The second-order valence-corrected chi connectivity index (χ2v) is 6.70. The minimum Gasteiger partial charge on any atom is -0.373 e. The number of pyridine rings is 1. The fraction of sp³-hybridized carbons (Fsp3) is 0.647. The van der Waals surface area contributed by atoms with E-state index < -0.39 is 11.9 Å². The van der Waals surface area contributed by atoms with Gasteiger partial charge in [0.2, 0.25) is 5.91 Å². The third-order valence-electron chi connectivity index (χ3n) is 4.19. The minimum atomic E-state index is -4.41. The molecule has 5 nitrogen and oxygen atoms in total. The van der Waals surface area contributed by atoms with Gasteiger partial charge in [0, 0.05) is 33.3 Å². The van der Waals surface area contributed by atoms with Crippen LogP contribution in [0.3, 0.4) is 0 Å². The van der Waals surface area contributed by atoms with Gasteiger partial charge in [-0.05, 0) is 31.5 Å². The Morgan fingerprint density at radius 1 is 1.24 bits per heavy atom. The van der Waals surface area contributed by atoms with Gasteiger partial charge in [-0.25, -0.2) is 0 Å². The summed E-state index contributed by atoms with van der Waals surface area (Å²) in [5, 5.41) is 0. The molecule has 1 aliphatic rings. The highest BCUT2D eigenvalue weighted by Gasteiger charge is 2.32. The van der Waals surface area contributed by atoms with Crippen LogP contribution in [0.2, 0.25) is 0 Å². The Hall–Kier alpha value is -1.67. The first-order valence-corrected chi connectivity index (χ1v) is 8.21. The van der Waals surface area contributed by atoms with Crippen molar-refractivity contribution in [2.75, 3.05) is 34.2 Å². The number of nitrogens with zero attached hydrogens (tertiary/aromatic N) is 3. The molecule has 2 heterocycles. The minimum absolute atomic E-state index is 0.0264. The zero-order valence-corrected chi connectivity index (χ0v) is 14.7. The van der Waals surface area contributed by atoms with Gasteiger partial charge in [0.25, 0.3) is 0 Å². The lowest BCUT2D eigenvalue weighted by atomic mass is 10.1. The van der Waals surface area contributed by atoms with Gasteiger partial charge in [-0.1, -0.05) is 6.07 Å². The van der Waals surface area contributed by atoms with Crippen LogP contribution in [-0.2, 0) is 22.1 Å². The molecule has 0 aliphatic carbocycles. The lowest BCUT2D eigenvalue weighted by Crippen LogP contribution is -2.38. The molecule has 1 fully saturated rings. The lowest BCUT2D eigenvalue weighted by Gasteiger charge is -2.22. The Kier molecular flexibility index (Phi) is 6.40. The zero-order valence-electron chi connectivity index (χ0n) is 14.7. The van der Waals surface area contributed by atoms with Gasteiger partial charge < -0.3 is 9.64 Å². The number of carbonyl (C=O) groups is 1. The molecule has 1 saturated heterocycles. The van der Waals surface area contributed by atoms with Crippen LogP contribution in [0.4, 0.5) is 13.2 Å². The highest BCUT2D eigenvalue weighted by atomic mass is 19.4. The molecular weight excluding hydrogens is 335 g/mol. The molecule has 2 rings (SSSR count). The van der Waals surface area contributed by atoms with Crippen molar-refractivity contribution in [1.29, 1.82) is 0 Å². The van der Waals surface area contributed by atoms with E-state index in [1.54, 1.807) is 19.0 Å². The first-order chi connectivity index (χ1) is 11.6. The molecule has 1 aliphatic heterocycles.